The Balaban J connectivity index is 0.00000392. The monoisotopic (exact) mass is 522 g/mol. The van der Waals surface area contributed by atoms with Gasteiger partial charge in [-0.3, -0.25) is 4.99 Å². The number of aliphatic imine (C=N–C) groups is 1. The highest BCUT2D eigenvalue weighted by molar-refractivity contribution is 14.0. The summed E-state index contributed by atoms with van der Waals surface area (Å²) >= 11 is 0. The quantitative estimate of drug-likeness (QED) is 0.297. The molecule has 0 amide bonds. The van der Waals surface area contributed by atoms with Crippen LogP contribution in [0.5, 0.6) is 0 Å². The Labute approximate surface area is 187 Å². The van der Waals surface area contributed by atoms with Gasteiger partial charge in [-0.2, -0.15) is 0 Å². The fourth-order valence-corrected chi connectivity index (χ4v) is 4.05. The van der Waals surface area contributed by atoms with Crippen LogP contribution < -0.4 is 10.6 Å². The van der Waals surface area contributed by atoms with Crippen molar-refractivity contribution in [3.63, 3.8) is 0 Å². The van der Waals surface area contributed by atoms with Crippen molar-refractivity contribution in [2.45, 2.75) is 50.0 Å². The standard InChI is InChI=1S/C20H34N4O2S.HI/c1-4-21-20(23-15-16-24(2)18-7-5-6-8-18)22-14-13-17-9-11-19(12-10-17)27(3,25)26;/h9-12,18H,4-8,13-16H2,1-3H3,(H2,21,22,23);1H. The molecule has 2 N–H and O–H groups in total. The van der Waals surface area contributed by atoms with Gasteiger partial charge in [0.25, 0.3) is 0 Å². The van der Waals surface area contributed by atoms with Gasteiger partial charge in [-0.1, -0.05) is 25.0 Å². The highest BCUT2D eigenvalue weighted by atomic mass is 127. The zero-order chi connectivity index (χ0) is 19.7. The molecule has 1 aromatic rings. The first-order valence-corrected chi connectivity index (χ1v) is 11.8. The van der Waals surface area contributed by atoms with Gasteiger partial charge >= 0.3 is 0 Å². The predicted molar refractivity (Wildman–Crippen MR) is 128 cm³/mol. The van der Waals surface area contributed by atoms with Gasteiger partial charge in [0.05, 0.1) is 11.4 Å². The van der Waals surface area contributed by atoms with E-state index in [1.54, 1.807) is 12.1 Å². The van der Waals surface area contributed by atoms with E-state index in [0.29, 0.717) is 4.90 Å². The van der Waals surface area contributed by atoms with Gasteiger partial charge in [-0.15, -0.1) is 24.0 Å². The average Bonchev–Trinajstić information content (AvgIpc) is 3.16. The summed E-state index contributed by atoms with van der Waals surface area (Å²) in [6.45, 7) is 5.40. The molecule has 0 heterocycles. The van der Waals surface area contributed by atoms with Gasteiger partial charge in [0, 0.05) is 31.9 Å². The molecule has 1 aliphatic rings. The van der Waals surface area contributed by atoms with Crippen molar-refractivity contribution in [3.05, 3.63) is 29.8 Å². The van der Waals surface area contributed by atoms with Crippen LogP contribution in [0.4, 0.5) is 0 Å². The topological polar surface area (TPSA) is 73.8 Å². The predicted octanol–water partition coefficient (Wildman–Crippen LogP) is 2.68. The number of hydrogen-bond acceptors (Lipinski definition) is 4. The van der Waals surface area contributed by atoms with Crippen LogP contribution in [0.2, 0.25) is 0 Å². The Kier molecular flexibility index (Phi) is 11.4. The summed E-state index contributed by atoms with van der Waals surface area (Å²) in [6.07, 6.45) is 7.39. The van der Waals surface area contributed by atoms with Crippen LogP contribution in [0.15, 0.2) is 34.2 Å². The van der Waals surface area contributed by atoms with Gasteiger partial charge in [-0.25, -0.2) is 8.42 Å². The summed E-state index contributed by atoms with van der Waals surface area (Å²) in [7, 11) is -0.933. The number of guanidine groups is 1. The lowest BCUT2D eigenvalue weighted by molar-refractivity contribution is 0.252. The number of rotatable bonds is 9. The molecule has 1 fully saturated rings. The van der Waals surface area contributed by atoms with E-state index in [-0.39, 0.29) is 24.0 Å². The second-order valence-electron chi connectivity index (χ2n) is 7.27. The van der Waals surface area contributed by atoms with Crippen LogP contribution in [0.25, 0.3) is 0 Å². The molecular formula is C20H35IN4O2S. The van der Waals surface area contributed by atoms with Crippen molar-refractivity contribution >= 4 is 39.8 Å². The number of halogens is 1. The largest absolute Gasteiger partial charge is 0.357 e. The molecule has 28 heavy (non-hydrogen) atoms. The maximum atomic E-state index is 11.5. The van der Waals surface area contributed by atoms with Crippen LogP contribution in [0.1, 0.15) is 38.2 Å². The van der Waals surface area contributed by atoms with Crippen molar-refractivity contribution < 1.29 is 8.42 Å². The summed E-state index contributed by atoms with van der Waals surface area (Å²) in [6, 6.07) is 7.81. The summed E-state index contributed by atoms with van der Waals surface area (Å²) in [5, 5.41) is 6.64. The SMILES string of the molecule is CCNC(=NCCN(C)C1CCCC1)NCCc1ccc(S(C)(=O)=O)cc1.I. The van der Waals surface area contributed by atoms with E-state index in [1.165, 1.54) is 31.9 Å². The molecule has 6 nitrogen and oxygen atoms in total. The van der Waals surface area contributed by atoms with Crippen LogP contribution in [0.3, 0.4) is 0 Å². The maximum Gasteiger partial charge on any atom is 0.191 e. The van der Waals surface area contributed by atoms with Crippen molar-refractivity contribution in [2.75, 3.05) is 39.5 Å². The molecule has 1 aliphatic carbocycles. The molecular weight excluding hydrogens is 487 g/mol. The van der Waals surface area contributed by atoms with Gasteiger partial charge in [0.2, 0.25) is 0 Å². The van der Waals surface area contributed by atoms with E-state index in [9.17, 15) is 8.42 Å². The highest BCUT2D eigenvalue weighted by Gasteiger charge is 2.18. The summed E-state index contributed by atoms with van der Waals surface area (Å²) in [5.41, 5.74) is 1.10. The summed E-state index contributed by atoms with van der Waals surface area (Å²) in [4.78, 5) is 7.47. The molecule has 0 bridgehead atoms. The Hall–Kier alpha value is -0.870. The molecule has 0 atom stereocenters. The number of hydrogen-bond donors (Lipinski definition) is 2. The Morgan fingerprint density at radius 2 is 1.82 bits per heavy atom. The smallest absolute Gasteiger partial charge is 0.191 e. The van der Waals surface area contributed by atoms with E-state index >= 15 is 0 Å². The minimum absolute atomic E-state index is 0. The van der Waals surface area contributed by atoms with Crippen LogP contribution >= 0.6 is 24.0 Å². The molecule has 0 unspecified atom stereocenters. The van der Waals surface area contributed by atoms with Crippen molar-refractivity contribution in [1.29, 1.82) is 0 Å². The fraction of sp³-hybridized carbons (Fsp3) is 0.650. The van der Waals surface area contributed by atoms with Gasteiger partial charge in [0.15, 0.2) is 15.8 Å². The van der Waals surface area contributed by atoms with E-state index < -0.39 is 9.84 Å². The van der Waals surface area contributed by atoms with Crippen LogP contribution in [-0.4, -0.2) is 64.8 Å². The van der Waals surface area contributed by atoms with E-state index in [4.69, 9.17) is 0 Å². The minimum atomic E-state index is -3.13. The van der Waals surface area contributed by atoms with Crippen molar-refractivity contribution in [1.82, 2.24) is 15.5 Å². The third kappa shape index (κ3) is 8.65. The Bertz CT molecular complexity index is 701. The van der Waals surface area contributed by atoms with Gasteiger partial charge in [-0.05, 0) is 50.9 Å². The lowest BCUT2D eigenvalue weighted by Crippen LogP contribution is -2.39. The van der Waals surface area contributed by atoms with Crippen molar-refractivity contribution in [2.24, 2.45) is 4.99 Å². The lowest BCUT2D eigenvalue weighted by Gasteiger charge is -2.23. The summed E-state index contributed by atoms with van der Waals surface area (Å²) in [5.74, 6) is 0.838. The maximum absolute atomic E-state index is 11.5. The molecule has 0 aliphatic heterocycles. The highest BCUT2D eigenvalue weighted by Crippen LogP contribution is 2.21. The Morgan fingerprint density at radius 3 is 2.39 bits per heavy atom. The lowest BCUT2D eigenvalue weighted by atomic mass is 10.1. The number of sulfone groups is 1. The molecule has 0 saturated heterocycles. The first-order chi connectivity index (χ1) is 12.9. The van der Waals surface area contributed by atoms with Gasteiger partial charge < -0.3 is 15.5 Å². The van der Waals surface area contributed by atoms with E-state index in [2.05, 4.69) is 34.5 Å². The van der Waals surface area contributed by atoms with E-state index in [1.807, 2.05) is 12.1 Å². The normalized spacial score (nSPS) is 15.5. The first-order valence-electron chi connectivity index (χ1n) is 9.91. The zero-order valence-electron chi connectivity index (χ0n) is 17.3. The van der Waals surface area contributed by atoms with Gasteiger partial charge in [0.1, 0.15) is 0 Å². The molecule has 8 heteroatoms. The van der Waals surface area contributed by atoms with Crippen LogP contribution in [0, 0.1) is 0 Å². The number of nitrogens with zero attached hydrogens (tertiary/aromatic N) is 2. The molecule has 1 aromatic carbocycles. The third-order valence-corrected chi connectivity index (χ3v) is 6.20. The molecule has 0 aromatic heterocycles. The average molecular weight is 522 g/mol. The van der Waals surface area contributed by atoms with Crippen LogP contribution in [-0.2, 0) is 16.3 Å². The number of benzene rings is 1. The van der Waals surface area contributed by atoms with E-state index in [0.717, 1.165) is 50.2 Å². The summed E-state index contributed by atoms with van der Waals surface area (Å²) < 4.78 is 23.0. The zero-order valence-corrected chi connectivity index (χ0v) is 20.4. The molecule has 1 saturated carbocycles. The Morgan fingerprint density at radius 1 is 1.18 bits per heavy atom. The third-order valence-electron chi connectivity index (χ3n) is 5.07. The molecule has 0 radical (unpaired) electrons. The fourth-order valence-electron chi connectivity index (χ4n) is 3.42. The molecule has 2 rings (SSSR count). The van der Waals surface area contributed by atoms with Crippen molar-refractivity contribution in [3.8, 4) is 0 Å². The second kappa shape index (κ2) is 12.6. The number of likely N-dealkylation sites (N-methyl/N-ethyl adjacent to an activating group) is 1. The molecule has 160 valence electrons. The second-order valence-corrected chi connectivity index (χ2v) is 9.29. The molecule has 0 spiro atoms. The number of nitrogens with one attached hydrogen (secondary N) is 2. The minimum Gasteiger partial charge on any atom is -0.357 e. The first kappa shape index (κ1) is 25.2.